The first kappa shape index (κ1) is 28.5. The number of nitrogens with one attached hydrogen (secondary N) is 1. The Morgan fingerprint density at radius 3 is 2.50 bits per heavy atom. The van der Waals surface area contributed by atoms with Gasteiger partial charge in [0, 0.05) is 74.9 Å². The van der Waals surface area contributed by atoms with Crippen molar-refractivity contribution in [2.24, 2.45) is 0 Å². The Morgan fingerprint density at radius 2 is 1.77 bits per heavy atom. The Balaban J connectivity index is 1.27. The van der Waals surface area contributed by atoms with Crippen molar-refractivity contribution in [3.8, 4) is 17.1 Å². The van der Waals surface area contributed by atoms with Crippen molar-refractivity contribution in [1.29, 1.82) is 0 Å². The smallest absolute Gasteiger partial charge is 0.229 e. The van der Waals surface area contributed by atoms with Crippen LogP contribution in [0, 0.1) is 11.6 Å². The second-order valence-corrected chi connectivity index (χ2v) is 11.1. The summed E-state index contributed by atoms with van der Waals surface area (Å²) in [6, 6.07) is 8.57. The minimum absolute atomic E-state index is 0.132. The lowest BCUT2D eigenvalue weighted by Gasteiger charge is -2.37. The summed E-state index contributed by atoms with van der Waals surface area (Å²) in [5.41, 5.74) is 2.53. The fourth-order valence-electron chi connectivity index (χ4n) is 4.98. The van der Waals surface area contributed by atoms with Gasteiger partial charge in [0.05, 0.1) is 42.8 Å². The summed E-state index contributed by atoms with van der Waals surface area (Å²) in [6.07, 6.45) is 3.38. The molecule has 1 N–H and O–H groups in total. The molecule has 40 heavy (non-hydrogen) atoms. The molecule has 2 aliphatic heterocycles. The van der Waals surface area contributed by atoms with Crippen LogP contribution in [-0.2, 0) is 11.3 Å². The lowest BCUT2D eigenvalue weighted by atomic mass is 10.1. The van der Waals surface area contributed by atoms with Crippen LogP contribution in [0.1, 0.15) is 19.4 Å². The molecule has 11 heteroatoms. The summed E-state index contributed by atoms with van der Waals surface area (Å²) < 4.78 is 44.6. The quantitative estimate of drug-likeness (QED) is 0.362. The van der Waals surface area contributed by atoms with Gasteiger partial charge in [-0.1, -0.05) is 0 Å². The molecule has 0 spiro atoms. The van der Waals surface area contributed by atoms with E-state index in [-0.39, 0.29) is 5.56 Å². The molecule has 0 bridgehead atoms. The zero-order chi connectivity index (χ0) is 28.1. The van der Waals surface area contributed by atoms with Crippen LogP contribution < -0.4 is 14.4 Å². The normalized spacial score (nSPS) is 16.9. The highest BCUT2D eigenvalue weighted by Crippen LogP contribution is 2.33. The molecule has 2 fully saturated rings. The standard InChI is InChI=1S/C29H36F2N6O2S/c1-20(2)36-8-6-35(7-9-36)19-21-14-26(31)24(17-25(21)30)27-15-22(4-5-32-27)34-40-28-16-23(18-33-29(28)38-3)37-10-12-39-13-11-37/h4-5,14-18,20H,6-13,19H2,1-3H3,(H,32,34). The molecule has 4 heterocycles. The van der Waals surface area contributed by atoms with E-state index in [2.05, 4.69) is 43.2 Å². The Kier molecular flexibility index (Phi) is 9.36. The van der Waals surface area contributed by atoms with Gasteiger partial charge in [0.25, 0.3) is 0 Å². The molecule has 2 aliphatic rings. The molecule has 2 saturated heterocycles. The molecule has 0 radical (unpaired) electrons. The monoisotopic (exact) mass is 570 g/mol. The summed E-state index contributed by atoms with van der Waals surface area (Å²) in [4.78, 5) is 16.4. The van der Waals surface area contributed by atoms with Crippen LogP contribution in [0.15, 0.2) is 47.6 Å². The van der Waals surface area contributed by atoms with Gasteiger partial charge in [-0.2, -0.15) is 0 Å². The number of morpholine rings is 1. The van der Waals surface area contributed by atoms with Gasteiger partial charge in [0.2, 0.25) is 5.88 Å². The third-order valence-corrected chi connectivity index (χ3v) is 8.21. The zero-order valence-electron chi connectivity index (χ0n) is 23.2. The number of hydrogen-bond acceptors (Lipinski definition) is 9. The molecule has 5 rings (SSSR count). The van der Waals surface area contributed by atoms with Crippen LogP contribution in [0.3, 0.4) is 0 Å². The zero-order valence-corrected chi connectivity index (χ0v) is 24.0. The summed E-state index contributed by atoms with van der Waals surface area (Å²) in [6.45, 7) is 11.2. The molecule has 1 aromatic carbocycles. The molecule has 0 atom stereocenters. The van der Waals surface area contributed by atoms with Gasteiger partial charge >= 0.3 is 0 Å². The van der Waals surface area contributed by atoms with Crippen LogP contribution >= 0.6 is 11.9 Å². The number of ether oxygens (including phenoxy) is 2. The molecule has 0 amide bonds. The first-order valence-electron chi connectivity index (χ1n) is 13.6. The van der Waals surface area contributed by atoms with Gasteiger partial charge in [-0.15, -0.1) is 0 Å². The van der Waals surface area contributed by atoms with Crippen LogP contribution in [0.25, 0.3) is 11.3 Å². The summed E-state index contributed by atoms with van der Waals surface area (Å²) in [5.74, 6) is -0.412. The van der Waals surface area contributed by atoms with E-state index in [9.17, 15) is 0 Å². The van der Waals surface area contributed by atoms with E-state index >= 15 is 8.78 Å². The predicted molar refractivity (Wildman–Crippen MR) is 155 cm³/mol. The average molecular weight is 571 g/mol. The van der Waals surface area contributed by atoms with Crippen molar-refractivity contribution in [3.63, 3.8) is 0 Å². The van der Waals surface area contributed by atoms with Gasteiger partial charge in [0.15, 0.2) is 0 Å². The Morgan fingerprint density at radius 1 is 1.00 bits per heavy atom. The highest BCUT2D eigenvalue weighted by Gasteiger charge is 2.21. The van der Waals surface area contributed by atoms with Crippen molar-refractivity contribution < 1.29 is 18.3 Å². The maximum atomic E-state index is 15.2. The van der Waals surface area contributed by atoms with Crippen LogP contribution in [0.2, 0.25) is 0 Å². The first-order valence-corrected chi connectivity index (χ1v) is 14.4. The van der Waals surface area contributed by atoms with Crippen molar-refractivity contribution in [3.05, 3.63) is 59.9 Å². The van der Waals surface area contributed by atoms with Gasteiger partial charge in [-0.25, -0.2) is 13.8 Å². The molecular weight excluding hydrogens is 534 g/mol. The Labute approximate surface area is 238 Å². The number of benzene rings is 1. The van der Waals surface area contributed by atoms with Crippen LogP contribution in [-0.4, -0.2) is 85.4 Å². The van der Waals surface area contributed by atoms with Gasteiger partial charge in [-0.3, -0.25) is 14.8 Å². The summed E-state index contributed by atoms with van der Waals surface area (Å²) in [5, 5.41) is 0. The number of hydrogen-bond donors (Lipinski definition) is 1. The van der Waals surface area contributed by atoms with E-state index in [4.69, 9.17) is 9.47 Å². The highest BCUT2D eigenvalue weighted by molar-refractivity contribution is 8.00. The molecule has 0 saturated carbocycles. The Hall–Kier alpha value is -2.99. The van der Waals surface area contributed by atoms with Crippen LogP contribution in [0.4, 0.5) is 20.2 Å². The van der Waals surface area contributed by atoms with Gasteiger partial charge in [0.1, 0.15) is 11.6 Å². The number of halogens is 2. The van der Waals surface area contributed by atoms with Crippen molar-refractivity contribution in [1.82, 2.24) is 19.8 Å². The average Bonchev–Trinajstić information content (AvgIpc) is 2.98. The topological polar surface area (TPSA) is 66.0 Å². The second-order valence-electron chi connectivity index (χ2n) is 10.3. The molecule has 8 nitrogen and oxygen atoms in total. The molecular formula is C29H36F2N6O2S. The molecule has 214 valence electrons. The number of piperazine rings is 1. The van der Waals surface area contributed by atoms with Crippen molar-refractivity contribution in [2.75, 3.05) is 69.2 Å². The first-order chi connectivity index (χ1) is 19.4. The lowest BCUT2D eigenvalue weighted by molar-refractivity contribution is 0.103. The van der Waals surface area contributed by atoms with Gasteiger partial charge in [-0.05, 0) is 56.1 Å². The van der Waals surface area contributed by atoms with Crippen molar-refractivity contribution in [2.45, 2.75) is 31.3 Å². The van der Waals surface area contributed by atoms with E-state index in [1.165, 1.54) is 24.1 Å². The number of anilines is 2. The summed E-state index contributed by atoms with van der Waals surface area (Å²) in [7, 11) is 1.58. The van der Waals surface area contributed by atoms with E-state index in [0.29, 0.717) is 48.6 Å². The minimum Gasteiger partial charge on any atom is -0.480 e. The maximum Gasteiger partial charge on any atom is 0.229 e. The van der Waals surface area contributed by atoms with Gasteiger partial charge < -0.3 is 19.1 Å². The van der Waals surface area contributed by atoms with Crippen LogP contribution in [0.5, 0.6) is 5.88 Å². The number of nitrogens with zero attached hydrogens (tertiary/aromatic N) is 5. The fourth-order valence-corrected chi connectivity index (χ4v) is 5.74. The third kappa shape index (κ3) is 6.83. The molecule has 3 aromatic rings. The summed E-state index contributed by atoms with van der Waals surface area (Å²) >= 11 is 1.34. The second kappa shape index (κ2) is 13.1. The minimum atomic E-state index is -0.487. The maximum absolute atomic E-state index is 15.2. The van der Waals surface area contributed by atoms with E-state index in [1.807, 2.05) is 6.07 Å². The number of methoxy groups -OCH3 is 1. The highest BCUT2D eigenvalue weighted by atomic mass is 32.2. The third-order valence-electron chi connectivity index (χ3n) is 7.36. The largest absolute Gasteiger partial charge is 0.480 e. The number of pyridine rings is 2. The molecule has 0 aliphatic carbocycles. The van der Waals surface area contributed by atoms with Crippen molar-refractivity contribution >= 4 is 23.3 Å². The number of aromatic nitrogens is 2. The number of rotatable bonds is 9. The lowest BCUT2D eigenvalue weighted by Crippen LogP contribution is -2.48. The SMILES string of the molecule is COc1ncc(N2CCOCC2)cc1SNc1ccnc(-c2cc(F)c(CN3CCN(C(C)C)CC3)cc2F)c1. The molecule has 0 unspecified atom stereocenters. The van der Waals surface area contributed by atoms with E-state index in [1.54, 1.807) is 31.6 Å². The Bertz CT molecular complexity index is 1300. The molecule has 2 aromatic heterocycles. The van der Waals surface area contributed by atoms with E-state index < -0.39 is 11.6 Å². The van der Waals surface area contributed by atoms with E-state index in [0.717, 1.165) is 49.9 Å². The fraction of sp³-hybridized carbons (Fsp3) is 0.448. The predicted octanol–water partition coefficient (Wildman–Crippen LogP) is 4.91.